The zero-order valence-electron chi connectivity index (χ0n) is 14.5. The molecule has 0 radical (unpaired) electrons. The summed E-state index contributed by atoms with van der Waals surface area (Å²) in [6, 6.07) is 4.78. The topological polar surface area (TPSA) is 96.2 Å². The number of carbonyl (C=O) groups is 2. The highest BCUT2D eigenvalue weighted by molar-refractivity contribution is 5.87. The first-order valence-corrected chi connectivity index (χ1v) is 8.06. The highest BCUT2D eigenvalue weighted by Gasteiger charge is 2.21. The van der Waals surface area contributed by atoms with Gasteiger partial charge in [0.1, 0.15) is 11.9 Å². The van der Waals surface area contributed by atoms with Gasteiger partial charge >= 0.3 is 6.03 Å². The minimum Gasteiger partial charge on any atom is -0.352 e. The number of nitrogens with one attached hydrogen (secondary N) is 3. The molecule has 5 N–H and O–H groups in total. The number of nitrogens with two attached hydrogens (primary N) is 1. The van der Waals surface area contributed by atoms with Crippen LogP contribution >= 0.6 is 0 Å². The van der Waals surface area contributed by atoms with Gasteiger partial charge in [-0.3, -0.25) is 4.79 Å². The zero-order valence-corrected chi connectivity index (χ0v) is 14.5. The number of benzene rings is 1. The molecule has 1 aromatic carbocycles. The van der Waals surface area contributed by atoms with Crippen LogP contribution in [0.5, 0.6) is 0 Å². The molecule has 7 heteroatoms. The van der Waals surface area contributed by atoms with Crippen molar-refractivity contribution in [2.45, 2.75) is 51.7 Å². The monoisotopic (exact) mass is 338 g/mol. The summed E-state index contributed by atoms with van der Waals surface area (Å²) in [4.78, 5) is 24.1. The lowest BCUT2D eigenvalue weighted by Crippen LogP contribution is -2.53. The van der Waals surface area contributed by atoms with Gasteiger partial charge in [0.25, 0.3) is 0 Å². The Morgan fingerprint density at radius 3 is 2.38 bits per heavy atom. The van der Waals surface area contributed by atoms with Crippen molar-refractivity contribution < 1.29 is 14.0 Å². The molecule has 24 heavy (non-hydrogen) atoms. The van der Waals surface area contributed by atoms with Gasteiger partial charge in [0.2, 0.25) is 5.91 Å². The van der Waals surface area contributed by atoms with Crippen LogP contribution < -0.4 is 21.7 Å². The van der Waals surface area contributed by atoms with Crippen LogP contribution in [0.3, 0.4) is 0 Å². The molecule has 0 saturated carbocycles. The fourth-order valence-corrected chi connectivity index (χ4v) is 1.99. The molecule has 0 heterocycles. The van der Waals surface area contributed by atoms with E-state index >= 15 is 0 Å². The smallest absolute Gasteiger partial charge is 0.315 e. The lowest BCUT2D eigenvalue weighted by molar-refractivity contribution is -0.123. The first kappa shape index (κ1) is 19.9. The van der Waals surface area contributed by atoms with Crippen LogP contribution in [-0.4, -0.2) is 30.1 Å². The molecule has 1 rings (SSSR count). The standard InChI is InChI=1S/C17H27FN4O2/c1-4-5-14(15(23)21-11-17(2,3)19)22-16(24)20-10-12-6-8-13(18)9-7-12/h6-9,14H,4-5,10-11,19H2,1-3H3,(H,21,23)(H2,20,22,24). The number of hydrogen-bond donors (Lipinski definition) is 4. The Morgan fingerprint density at radius 1 is 1.21 bits per heavy atom. The SMILES string of the molecule is CCCC(NC(=O)NCc1ccc(F)cc1)C(=O)NCC(C)(C)N. The van der Waals surface area contributed by atoms with Crippen molar-refractivity contribution in [1.82, 2.24) is 16.0 Å². The molecular weight excluding hydrogens is 311 g/mol. The number of halogens is 1. The maximum Gasteiger partial charge on any atom is 0.315 e. The molecule has 0 saturated heterocycles. The highest BCUT2D eigenvalue weighted by Crippen LogP contribution is 2.03. The van der Waals surface area contributed by atoms with Crippen molar-refractivity contribution in [2.75, 3.05) is 6.54 Å². The fraction of sp³-hybridized carbons (Fsp3) is 0.529. The van der Waals surface area contributed by atoms with E-state index in [0.29, 0.717) is 13.0 Å². The first-order valence-electron chi connectivity index (χ1n) is 8.06. The Balaban J connectivity index is 2.49. The summed E-state index contributed by atoms with van der Waals surface area (Å²) in [5.74, 6) is -0.585. The molecule has 6 nitrogen and oxygen atoms in total. The maximum atomic E-state index is 12.8. The lowest BCUT2D eigenvalue weighted by Gasteiger charge is -2.23. The van der Waals surface area contributed by atoms with Crippen molar-refractivity contribution >= 4 is 11.9 Å². The van der Waals surface area contributed by atoms with E-state index in [0.717, 1.165) is 12.0 Å². The van der Waals surface area contributed by atoms with Crippen molar-refractivity contribution in [3.63, 3.8) is 0 Å². The molecule has 0 aliphatic rings. The average Bonchev–Trinajstić information content (AvgIpc) is 2.51. The Labute approximate surface area is 142 Å². The van der Waals surface area contributed by atoms with Crippen LogP contribution in [-0.2, 0) is 11.3 Å². The summed E-state index contributed by atoms with van der Waals surface area (Å²) >= 11 is 0. The number of hydrogen-bond acceptors (Lipinski definition) is 3. The molecule has 0 aromatic heterocycles. The highest BCUT2D eigenvalue weighted by atomic mass is 19.1. The molecule has 0 bridgehead atoms. The molecule has 0 aliphatic heterocycles. The molecule has 0 spiro atoms. The van der Waals surface area contributed by atoms with E-state index in [-0.39, 0.29) is 18.3 Å². The van der Waals surface area contributed by atoms with Crippen LogP contribution in [0, 0.1) is 5.82 Å². The van der Waals surface area contributed by atoms with E-state index in [4.69, 9.17) is 5.73 Å². The molecule has 0 fully saturated rings. The van der Waals surface area contributed by atoms with E-state index in [1.165, 1.54) is 12.1 Å². The Morgan fingerprint density at radius 2 is 1.83 bits per heavy atom. The fourth-order valence-electron chi connectivity index (χ4n) is 1.99. The van der Waals surface area contributed by atoms with Crippen LogP contribution in [0.2, 0.25) is 0 Å². The lowest BCUT2D eigenvalue weighted by atomic mass is 10.1. The van der Waals surface area contributed by atoms with Crippen molar-refractivity contribution in [2.24, 2.45) is 5.73 Å². The van der Waals surface area contributed by atoms with Crippen molar-refractivity contribution in [1.29, 1.82) is 0 Å². The van der Waals surface area contributed by atoms with Gasteiger partial charge in [-0.05, 0) is 38.0 Å². The van der Waals surface area contributed by atoms with Gasteiger partial charge in [-0.15, -0.1) is 0 Å². The van der Waals surface area contributed by atoms with E-state index in [1.54, 1.807) is 12.1 Å². The van der Waals surface area contributed by atoms with E-state index < -0.39 is 17.6 Å². The quantitative estimate of drug-likeness (QED) is 0.580. The summed E-state index contributed by atoms with van der Waals surface area (Å²) in [7, 11) is 0. The summed E-state index contributed by atoms with van der Waals surface area (Å²) in [5.41, 5.74) is 6.10. The predicted molar refractivity (Wildman–Crippen MR) is 91.7 cm³/mol. The van der Waals surface area contributed by atoms with Gasteiger partial charge < -0.3 is 21.7 Å². The Hall–Kier alpha value is -2.15. The van der Waals surface area contributed by atoms with Crippen LogP contribution in [0.4, 0.5) is 9.18 Å². The Kier molecular flexibility index (Phi) is 7.64. The zero-order chi connectivity index (χ0) is 18.2. The van der Waals surface area contributed by atoms with Crippen LogP contribution in [0.1, 0.15) is 39.2 Å². The van der Waals surface area contributed by atoms with Gasteiger partial charge in [-0.1, -0.05) is 25.5 Å². The van der Waals surface area contributed by atoms with Gasteiger partial charge in [-0.25, -0.2) is 9.18 Å². The third-order valence-electron chi connectivity index (χ3n) is 3.28. The van der Waals surface area contributed by atoms with Gasteiger partial charge in [0, 0.05) is 18.6 Å². The molecule has 1 unspecified atom stereocenters. The molecular formula is C17H27FN4O2. The largest absolute Gasteiger partial charge is 0.352 e. The van der Waals surface area contributed by atoms with Crippen molar-refractivity contribution in [3.8, 4) is 0 Å². The number of urea groups is 1. The Bertz CT molecular complexity index is 541. The predicted octanol–water partition coefficient (Wildman–Crippen LogP) is 1.65. The third-order valence-corrected chi connectivity index (χ3v) is 3.28. The van der Waals surface area contributed by atoms with Crippen LogP contribution in [0.15, 0.2) is 24.3 Å². The van der Waals surface area contributed by atoms with E-state index in [1.807, 2.05) is 20.8 Å². The molecule has 1 aromatic rings. The third kappa shape index (κ3) is 7.92. The molecule has 134 valence electrons. The summed E-state index contributed by atoms with van der Waals surface area (Å²) in [6.07, 6.45) is 1.28. The molecule has 1 atom stereocenters. The van der Waals surface area contributed by atoms with Gasteiger partial charge in [-0.2, -0.15) is 0 Å². The summed E-state index contributed by atoms with van der Waals surface area (Å²) < 4.78 is 12.8. The van der Waals surface area contributed by atoms with Gasteiger partial charge in [0.05, 0.1) is 0 Å². The number of amides is 3. The van der Waals surface area contributed by atoms with E-state index in [2.05, 4.69) is 16.0 Å². The number of rotatable bonds is 8. The summed E-state index contributed by atoms with van der Waals surface area (Å²) in [6.45, 7) is 6.13. The molecule has 3 amide bonds. The second-order valence-corrected chi connectivity index (χ2v) is 6.50. The second kappa shape index (κ2) is 9.22. The van der Waals surface area contributed by atoms with Crippen LogP contribution in [0.25, 0.3) is 0 Å². The minimum atomic E-state index is -0.620. The first-order chi connectivity index (χ1) is 11.2. The number of carbonyl (C=O) groups excluding carboxylic acids is 2. The summed E-state index contributed by atoms with van der Waals surface area (Å²) in [5, 5.41) is 8.06. The maximum absolute atomic E-state index is 12.8. The second-order valence-electron chi connectivity index (χ2n) is 6.50. The normalized spacial score (nSPS) is 12.4. The van der Waals surface area contributed by atoms with Gasteiger partial charge in [0.15, 0.2) is 0 Å². The minimum absolute atomic E-state index is 0.252. The average molecular weight is 338 g/mol. The van der Waals surface area contributed by atoms with Crippen molar-refractivity contribution in [3.05, 3.63) is 35.6 Å². The van der Waals surface area contributed by atoms with E-state index in [9.17, 15) is 14.0 Å². The molecule has 0 aliphatic carbocycles.